The lowest BCUT2D eigenvalue weighted by atomic mass is 10.1. The molecular formula is C14H13N5OS. The fourth-order valence-corrected chi connectivity index (χ4v) is 2.98. The van der Waals surface area contributed by atoms with E-state index in [-0.39, 0.29) is 5.91 Å². The molecule has 3 aromatic heterocycles. The summed E-state index contributed by atoms with van der Waals surface area (Å²) in [5.74, 6) is 0.407. The molecular weight excluding hydrogens is 286 g/mol. The monoisotopic (exact) mass is 299 g/mol. The minimum absolute atomic E-state index is 0.121. The molecule has 0 radical (unpaired) electrons. The summed E-state index contributed by atoms with van der Waals surface area (Å²) in [5, 5.41) is 6.44. The van der Waals surface area contributed by atoms with Gasteiger partial charge in [0.2, 0.25) is 5.95 Å². The van der Waals surface area contributed by atoms with Gasteiger partial charge in [0, 0.05) is 37.4 Å². The molecule has 0 unspecified atom stereocenters. The van der Waals surface area contributed by atoms with Crippen molar-refractivity contribution in [3.8, 4) is 11.3 Å². The van der Waals surface area contributed by atoms with Gasteiger partial charge in [-0.3, -0.25) is 9.78 Å². The number of rotatable bonds is 3. The van der Waals surface area contributed by atoms with Gasteiger partial charge >= 0.3 is 0 Å². The second-order valence-corrected chi connectivity index (χ2v) is 5.32. The molecule has 0 bridgehead atoms. The van der Waals surface area contributed by atoms with Gasteiger partial charge in [0.15, 0.2) is 0 Å². The SMILES string of the molecule is CNC(=O)c1cc2c(-c3ccncc3)nc(NC)nc2s1. The summed E-state index contributed by atoms with van der Waals surface area (Å²) < 4.78 is 0. The first kappa shape index (κ1) is 13.4. The van der Waals surface area contributed by atoms with Gasteiger partial charge in [-0.25, -0.2) is 9.97 Å². The summed E-state index contributed by atoms with van der Waals surface area (Å²) in [5.41, 5.74) is 1.73. The molecule has 0 aliphatic heterocycles. The van der Waals surface area contributed by atoms with Crippen LogP contribution in [0.15, 0.2) is 30.6 Å². The largest absolute Gasteiger partial charge is 0.357 e. The predicted octanol–water partition coefficient (Wildman–Crippen LogP) is 2.15. The molecule has 21 heavy (non-hydrogen) atoms. The van der Waals surface area contributed by atoms with E-state index in [1.165, 1.54) is 11.3 Å². The molecule has 6 nitrogen and oxygen atoms in total. The van der Waals surface area contributed by atoms with Gasteiger partial charge in [-0.1, -0.05) is 0 Å². The molecule has 0 aliphatic carbocycles. The van der Waals surface area contributed by atoms with E-state index in [1.807, 2.05) is 18.2 Å². The Hall–Kier alpha value is -2.54. The molecule has 3 aromatic rings. The van der Waals surface area contributed by atoms with Crippen LogP contribution in [0.1, 0.15) is 9.67 Å². The molecule has 7 heteroatoms. The molecule has 0 spiro atoms. The van der Waals surface area contributed by atoms with E-state index in [0.717, 1.165) is 21.5 Å². The molecule has 1 amide bonds. The smallest absolute Gasteiger partial charge is 0.261 e. The lowest BCUT2D eigenvalue weighted by Gasteiger charge is -2.05. The number of hydrogen-bond donors (Lipinski definition) is 2. The van der Waals surface area contributed by atoms with E-state index in [2.05, 4.69) is 25.6 Å². The number of thiophene rings is 1. The Morgan fingerprint density at radius 3 is 2.62 bits per heavy atom. The molecule has 0 atom stereocenters. The van der Waals surface area contributed by atoms with Crippen molar-refractivity contribution in [2.24, 2.45) is 0 Å². The maximum atomic E-state index is 11.8. The number of nitrogens with zero attached hydrogens (tertiary/aromatic N) is 3. The molecule has 0 aromatic carbocycles. The van der Waals surface area contributed by atoms with Crippen molar-refractivity contribution in [1.29, 1.82) is 0 Å². The third-order valence-electron chi connectivity index (χ3n) is 3.02. The van der Waals surface area contributed by atoms with Crippen LogP contribution in [0.25, 0.3) is 21.5 Å². The highest BCUT2D eigenvalue weighted by molar-refractivity contribution is 7.20. The van der Waals surface area contributed by atoms with Crippen LogP contribution in [0.3, 0.4) is 0 Å². The van der Waals surface area contributed by atoms with Crippen LogP contribution in [0.2, 0.25) is 0 Å². The van der Waals surface area contributed by atoms with Gasteiger partial charge in [-0.05, 0) is 18.2 Å². The third-order valence-corrected chi connectivity index (χ3v) is 4.05. The van der Waals surface area contributed by atoms with Crippen molar-refractivity contribution >= 4 is 33.4 Å². The summed E-state index contributed by atoms with van der Waals surface area (Å²) in [7, 11) is 3.38. The average molecular weight is 299 g/mol. The van der Waals surface area contributed by atoms with E-state index in [4.69, 9.17) is 0 Å². The number of pyridine rings is 1. The standard InChI is InChI=1S/C14H13N5OS/c1-15-12(20)10-7-9-11(8-3-5-17-6-4-8)18-14(16-2)19-13(9)21-10/h3-7H,1-2H3,(H,15,20)(H,16,18,19). The zero-order valence-electron chi connectivity index (χ0n) is 11.5. The molecule has 3 heterocycles. The predicted molar refractivity (Wildman–Crippen MR) is 83.6 cm³/mol. The Balaban J connectivity index is 2.26. The molecule has 0 saturated heterocycles. The van der Waals surface area contributed by atoms with Gasteiger partial charge in [0.05, 0.1) is 10.6 Å². The summed E-state index contributed by atoms with van der Waals surface area (Å²) in [4.78, 5) is 26.2. The third kappa shape index (κ3) is 2.43. The van der Waals surface area contributed by atoms with Crippen molar-refractivity contribution in [1.82, 2.24) is 20.3 Å². The zero-order chi connectivity index (χ0) is 14.8. The van der Waals surface area contributed by atoms with E-state index in [1.54, 1.807) is 26.5 Å². The van der Waals surface area contributed by atoms with E-state index in [9.17, 15) is 4.79 Å². The van der Waals surface area contributed by atoms with Crippen LogP contribution >= 0.6 is 11.3 Å². The second-order valence-electron chi connectivity index (χ2n) is 4.29. The van der Waals surface area contributed by atoms with Crippen LogP contribution in [-0.2, 0) is 0 Å². The summed E-state index contributed by atoms with van der Waals surface area (Å²) >= 11 is 1.35. The van der Waals surface area contributed by atoms with E-state index >= 15 is 0 Å². The maximum absolute atomic E-state index is 11.8. The van der Waals surface area contributed by atoms with E-state index < -0.39 is 0 Å². The molecule has 0 aliphatic rings. The molecule has 2 N–H and O–H groups in total. The minimum Gasteiger partial charge on any atom is -0.357 e. The molecule has 106 valence electrons. The van der Waals surface area contributed by atoms with Crippen LogP contribution in [0.4, 0.5) is 5.95 Å². The van der Waals surface area contributed by atoms with Gasteiger partial charge in [0.25, 0.3) is 5.91 Å². The Morgan fingerprint density at radius 2 is 1.95 bits per heavy atom. The topological polar surface area (TPSA) is 79.8 Å². The van der Waals surface area contributed by atoms with Crippen LogP contribution in [0, 0.1) is 0 Å². The minimum atomic E-state index is -0.121. The second kappa shape index (κ2) is 5.45. The van der Waals surface area contributed by atoms with Gasteiger partial charge in [-0.2, -0.15) is 0 Å². The first-order valence-electron chi connectivity index (χ1n) is 6.34. The van der Waals surface area contributed by atoms with Gasteiger partial charge in [0.1, 0.15) is 4.83 Å². The number of carbonyl (C=O) groups is 1. The first-order valence-corrected chi connectivity index (χ1v) is 7.16. The Bertz CT molecular complexity index is 800. The van der Waals surface area contributed by atoms with Crippen LogP contribution in [0.5, 0.6) is 0 Å². The summed E-state index contributed by atoms with van der Waals surface area (Å²) in [6.07, 6.45) is 3.43. The first-order chi connectivity index (χ1) is 10.2. The summed E-state index contributed by atoms with van der Waals surface area (Å²) in [6.45, 7) is 0. The van der Waals surface area contributed by atoms with Gasteiger partial charge in [-0.15, -0.1) is 11.3 Å². The van der Waals surface area contributed by atoms with Gasteiger partial charge < -0.3 is 10.6 Å². The van der Waals surface area contributed by atoms with Crippen molar-refractivity contribution in [2.75, 3.05) is 19.4 Å². The fourth-order valence-electron chi connectivity index (χ4n) is 2.00. The molecule has 3 rings (SSSR count). The lowest BCUT2D eigenvalue weighted by molar-refractivity contribution is 0.0967. The number of amides is 1. The van der Waals surface area contributed by atoms with Crippen LogP contribution < -0.4 is 10.6 Å². The molecule has 0 fully saturated rings. The zero-order valence-corrected chi connectivity index (χ0v) is 12.4. The normalized spacial score (nSPS) is 10.6. The Morgan fingerprint density at radius 1 is 1.19 bits per heavy atom. The number of aromatic nitrogens is 3. The number of hydrogen-bond acceptors (Lipinski definition) is 6. The number of nitrogens with one attached hydrogen (secondary N) is 2. The highest BCUT2D eigenvalue weighted by Crippen LogP contribution is 2.32. The highest BCUT2D eigenvalue weighted by Gasteiger charge is 2.15. The Labute approximate surface area is 125 Å². The van der Waals surface area contributed by atoms with Crippen LogP contribution in [-0.4, -0.2) is 35.0 Å². The maximum Gasteiger partial charge on any atom is 0.261 e. The van der Waals surface area contributed by atoms with E-state index in [0.29, 0.717) is 10.8 Å². The highest BCUT2D eigenvalue weighted by atomic mass is 32.1. The lowest BCUT2D eigenvalue weighted by Crippen LogP contribution is -2.15. The van der Waals surface area contributed by atoms with Crippen molar-refractivity contribution < 1.29 is 4.79 Å². The number of anilines is 1. The molecule has 0 saturated carbocycles. The number of fused-ring (bicyclic) bond motifs is 1. The quantitative estimate of drug-likeness (QED) is 0.774. The van der Waals surface area contributed by atoms with Crippen molar-refractivity contribution in [3.05, 3.63) is 35.5 Å². The van der Waals surface area contributed by atoms with Crippen molar-refractivity contribution in [2.45, 2.75) is 0 Å². The Kier molecular flexibility index (Phi) is 3.49. The fraction of sp³-hybridized carbons (Fsp3) is 0.143. The van der Waals surface area contributed by atoms with Crippen molar-refractivity contribution in [3.63, 3.8) is 0 Å². The number of carbonyl (C=O) groups excluding carboxylic acids is 1. The summed E-state index contributed by atoms with van der Waals surface area (Å²) in [6, 6.07) is 5.60. The average Bonchev–Trinajstić information content (AvgIpc) is 2.97.